The van der Waals surface area contributed by atoms with Gasteiger partial charge in [-0.25, -0.2) is 0 Å². The van der Waals surface area contributed by atoms with Crippen LogP contribution in [0.5, 0.6) is 0 Å². The summed E-state index contributed by atoms with van der Waals surface area (Å²) >= 11 is 0. The van der Waals surface area contributed by atoms with Crippen LogP contribution in [0.25, 0.3) is 0 Å². The first-order chi connectivity index (χ1) is 8.63. The Bertz CT molecular complexity index is 217. The van der Waals surface area contributed by atoms with Crippen molar-refractivity contribution in [3.63, 3.8) is 0 Å². The molecular formula is C14H31N3O. The third-order valence-electron chi connectivity index (χ3n) is 4.14. The van der Waals surface area contributed by atoms with Crippen molar-refractivity contribution in [3.8, 4) is 0 Å². The van der Waals surface area contributed by atoms with Gasteiger partial charge in [0.25, 0.3) is 0 Å². The van der Waals surface area contributed by atoms with E-state index in [1.165, 1.54) is 13.0 Å². The molecule has 0 aromatic carbocycles. The van der Waals surface area contributed by atoms with Gasteiger partial charge in [-0.15, -0.1) is 0 Å². The van der Waals surface area contributed by atoms with Gasteiger partial charge in [-0.05, 0) is 18.4 Å². The Hall–Kier alpha value is -0.160. The van der Waals surface area contributed by atoms with E-state index in [9.17, 15) is 0 Å². The van der Waals surface area contributed by atoms with Crippen LogP contribution in [0.4, 0.5) is 0 Å². The van der Waals surface area contributed by atoms with Crippen LogP contribution < -0.4 is 5.32 Å². The summed E-state index contributed by atoms with van der Waals surface area (Å²) in [6.45, 7) is 15.8. The molecule has 4 nitrogen and oxygen atoms in total. The third kappa shape index (κ3) is 5.22. The Morgan fingerprint density at radius 3 is 2.22 bits per heavy atom. The Labute approximate surface area is 112 Å². The van der Waals surface area contributed by atoms with Gasteiger partial charge in [0.1, 0.15) is 0 Å². The first-order valence-corrected chi connectivity index (χ1v) is 7.40. The monoisotopic (exact) mass is 257 g/mol. The Balaban J connectivity index is 2.33. The van der Waals surface area contributed by atoms with E-state index in [1.54, 1.807) is 0 Å². The van der Waals surface area contributed by atoms with Crippen molar-refractivity contribution in [3.05, 3.63) is 0 Å². The molecule has 0 spiro atoms. The fourth-order valence-electron chi connectivity index (χ4n) is 2.57. The van der Waals surface area contributed by atoms with E-state index in [4.69, 9.17) is 5.11 Å². The molecule has 1 fully saturated rings. The first kappa shape index (κ1) is 15.9. The molecule has 1 rings (SSSR count). The van der Waals surface area contributed by atoms with Gasteiger partial charge in [0.05, 0.1) is 6.61 Å². The summed E-state index contributed by atoms with van der Waals surface area (Å²) in [4.78, 5) is 4.93. The molecule has 0 aliphatic carbocycles. The van der Waals surface area contributed by atoms with Crippen molar-refractivity contribution in [2.24, 2.45) is 5.41 Å². The van der Waals surface area contributed by atoms with Crippen LogP contribution in [-0.2, 0) is 0 Å². The molecule has 1 aliphatic rings. The maximum atomic E-state index is 8.94. The van der Waals surface area contributed by atoms with Crippen LogP contribution in [-0.4, -0.2) is 73.9 Å². The molecule has 0 aromatic rings. The molecule has 0 saturated carbocycles. The number of β-amino-alcohol motifs (C(OH)–C–C–N with tert-alkyl or cyclic N) is 1. The van der Waals surface area contributed by atoms with Gasteiger partial charge in [0, 0.05) is 45.8 Å². The van der Waals surface area contributed by atoms with Crippen molar-refractivity contribution >= 4 is 0 Å². The number of rotatable bonds is 8. The highest BCUT2D eigenvalue weighted by molar-refractivity contribution is 4.82. The molecule has 4 heteroatoms. The van der Waals surface area contributed by atoms with E-state index in [1.807, 2.05) is 0 Å². The van der Waals surface area contributed by atoms with Gasteiger partial charge in [0.2, 0.25) is 0 Å². The maximum Gasteiger partial charge on any atom is 0.0558 e. The minimum Gasteiger partial charge on any atom is -0.395 e. The summed E-state index contributed by atoms with van der Waals surface area (Å²) in [5.41, 5.74) is 0.384. The second-order valence-corrected chi connectivity index (χ2v) is 5.79. The van der Waals surface area contributed by atoms with Crippen molar-refractivity contribution < 1.29 is 5.11 Å². The average molecular weight is 257 g/mol. The average Bonchev–Trinajstić information content (AvgIpc) is 2.39. The summed E-state index contributed by atoms with van der Waals surface area (Å²) < 4.78 is 0. The first-order valence-electron chi connectivity index (χ1n) is 7.40. The number of nitrogens with one attached hydrogen (secondary N) is 1. The van der Waals surface area contributed by atoms with E-state index in [2.05, 4.69) is 35.9 Å². The van der Waals surface area contributed by atoms with Gasteiger partial charge < -0.3 is 15.3 Å². The Morgan fingerprint density at radius 1 is 1.11 bits per heavy atom. The predicted octanol–water partition coefficient (Wildman–Crippen LogP) is 0.622. The topological polar surface area (TPSA) is 38.7 Å². The third-order valence-corrected chi connectivity index (χ3v) is 4.14. The van der Waals surface area contributed by atoms with Crippen molar-refractivity contribution in [2.45, 2.75) is 27.2 Å². The zero-order valence-corrected chi connectivity index (χ0v) is 12.4. The molecule has 0 amide bonds. The van der Waals surface area contributed by atoms with Gasteiger partial charge >= 0.3 is 0 Å². The highest BCUT2D eigenvalue weighted by Crippen LogP contribution is 2.22. The summed E-state index contributed by atoms with van der Waals surface area (Å²) in [6, 6.07) is 0. The largest absolute Gasteiger partial charge is 0.395 e. The van der Waals surface area contributed by atoms with Gasteiger partial charge in [-0.2, -0.15) is 0 Å². The summed E-state index contributed by atoms with van der Waals surface area (Å²) in [5.74, 6) is 0. The molecule has 1 saturated heterocycles. The molecule has 1 unspecified atom stereocenters. The van der Waals surface area contributed by atoms with Crippen molar-refractivity contribution in [1.82, 2.24) is 15.1 Å². The fourth-order valence-corrected chi connectivity index (χ4v) is 2.57. The number of hydrogen-bond donors (Lipinski definition) is 2. The smallest absolute Gasteiger partial charge is 0.0558 e. The molecule has 0 aromatic heterocycles. The molecule has 0 radical (unpaired) electrons. The number of aliphatic hydroxyl groups excluding tert-OH is 1. The minimum atomic E-state index is 0.285. The van der Waals surface area contributed by atoms with Gasteiger partial charge in [-0.3, -0.25) is 4.90 Å². The lowest BCUT2D eigenvalue weighted by atomic mass is 9.86. The molecule has 1 heterocycles. The van der Waals surface area contributed by atoms with Crippen LogP contribution in [0.2, 0.25) is 0 Å². The van der Waals surface area contributed by atoms with Crippen LogP contribution >= 0.6 is 0 Å². The predicted molar refractivity (Wildman–Crippen MR) is 76.9 cm³/mol. The lowest BCUT2D eigenvalue weighted by Crippen LogP contribution is -2.51. The molecule has 1 atom stereocenters. The lowest BCUT2D eigenvalue weighted by molar-refractivity contribution is 0.0786. The van der Waals surface area contributed by atoms with E-state index in [-0.39, 0.29) is 6.61 Å². The van der Waals surface area contributed by atoms with E-state index in [0.29, 0.717) is 5.41 Å². The Kier molecular flexibility index (Phi) is 7.15. The zero-order valence-electron chi connectivity index (χ0n) is 12.4. The summed E-state index contributed by atoms with van der Waals surface area (Å²) in [5, 5.41) is 12.4. The van der Waals surface area contributed by atoms with E-state index < -0.39 is 0 Å². The van der Waals surface area contributed by atoms with Gasteiger partial charge in [-0.1, -0.05) is 20.8 Å². The molecule has 108 valence electrons. The lowest BCUT2D eigenvalue weighted by Gasteiger charge is -2.40. The van der Waals surface area contributed by atoms with Gasteiger partial charge in [0.15, 0.2) is 0 Å². The summed E-state index contributed by atoms with van der Waals surface area (Å²) in [7, 11) is 0. The van der Waals surface area contributed by atoms with Crippen LogP contribution in [0.15, 0.2) is 0 Å². The van der Waals surface area contributed by atoms with Crippen LogP contribution in [0.3, 0.4) is 0 Å². The molecular weight excluding hydrogens is 226 g/mol. The minimum absolute atomic E-state index is 0.285. The molecule has 1 aliphatic heterocycles. The summed E-state index contributed by atoms with van der Waals surface area (Å²) in [6.07, 6.45) is 1.22. The Morgan fingerprint density at radius 2 is 1.72 bits per heavy atom. The second-order valence-electron chi connectivity index (χ2n) is 5.79. The quantitative estimate of drug-likeness (QED) is 0.669. The SMILES string of the molecule is CCNCC(C)(CC)CN1CCN(CCO)CC1. The number of aliphatic hydroxyl groups is 1. The highest BCUT2D eigenvalue weighted by Gasteiger charge is 2.26. The van der Waals surface area contributed by atoms with Crippen molar-refractivity contribution in [1.29, 1.82) is 0 Å². The van der Waals surface area contributed by atoms with E-state index >= 15 is 0 Å². The molecule has 18 heavy (non-hydrogen) atoms. The highest BCUT2D eigenvalue weighted by atomic mass is 16.3. The number of hydrogen-bond acceptors (Lipinski definition) is 4. The van der Waals surface area contributed by atoms with Crippen LogP contribution in [0.1, 0.15) is 27.2 Å². The maximum absolute atomic E-state index is 8.94. The van der Waals surface area contributed by atoms with E-state index in [0.717, 1.165) is 45.8 Å². The number of piperazine rings is 1. The molecule has 2 N–H and O–H groups in total. The van der Waals surface area contributed by atoms with Crippen molar-refractivity contribution in [2.75, 3.05) is 59.0 Å². The normalized spacial score (nSPS) is 22.0. The zero-order chi connectivity index (χ0) is 13.4. The fraction of sp³-hybridized carbons (Fsp3) is 1.00. The molecule has 0 bridgehead atoms. The number of nitrogens with zero attached hydrogens (tertiary/aromatic N) is 2. The second kappa shape index (κ2) is 8.10. The van der Waals surface area contributed by atoms with Crippen LogP contribution in [0, 0.1) is 5.41 Å². The standard InChI is InChI=1S/C14H31N3O/c1-4-14(3,12-15-5-2)13-17-8-6-16(7-9-17)10-11-18/h15,18H,4-13H2,1-3H3.